The summed E-state index contributed by atoms with van der Waals surface area (Å²) in [7, 11) is 9.87. The van der Waals surface area contributed by atoms with Gasteiger partial charge in [-0.3, -0.25) is 0 Å². The Kier molecular flexibility index (Phi) is 16.1. The van der Waals surface area contributed by atoms with Gasteiger partial charge < -0.3 is 0 Å². The molecule has 5 heteroatoms. The first kappa shape index (κ1) is 29.9. The van der Waals surface area contributed by atoms with E-state index in [-0.39, 0.29) is 0 Å². The topological polar surface area (TPSA) is 0 Å². The predicted molar refractivity (Wildman–Crippen MR) is 138 cm³/mol. The number of thioether (sulfide) groups is 2. The van der Waals surface area contributed by atoms with Crippen LogP contribution in [0.1, 0.15) is 55.6 Å². The third kappa shape index (κ3) is 8.72. The second-order valence-electron chi connectivity index (χ2n) is 7.51. The summed E-state index contributed by atoms with van der Waals surface area (Å²) in [5.41, 5.74) is 15.2. The van der Waals surface area contributed by atoms with Crippen molar-refractivity contribution >= 4 is 40.5 Å². The maximum atomic E-state index is 4.93. The summed E-state index contributed by atoms with van der Waals surface area (Å²) in [5, 5.41) is 0. The van der Waals surface area contributed by atoms with Crippen LogP contribution in [0.2, 0.25) is 0 Å². The van der Waals surface area contributed by atoms with Crippen molar-refractivity contribution in [2.45, 2.75) is 68.2 Å². The zero-order valence-corrected chi connectivity index (χ0v) is 25.5. The molecule has 0 aliphatic rings. The third-order valence-electron chi connectivity index (χ3n) is 6.30. The standard InChI is InChI=1S/2C12H19S.2ClH.Zr/c2*1-8-9(2)11(4)12(10(8)3)6-7-13-5;;;/h2*6-7H2,1-5H3;2*1H;/q2*-1;;;+4/p-2. The minimum absolute atomic E-state index is 0.826. The SMILES string of the molecule is CSCC[c-]1c(C)c(C)c(C)c1C.CSCC[c-]1c(C)c(C)c(C)c1C.[Cl][Zr+2][Cl]. The van der Waals surface area contributed by atoms with Gasteiger partial charge in [-0.15, -0.1) is 0 Å². The Labute approximate surface area is 207 Å². The molecule has 0 amide bonds. The molecule has 0 atom stereocenters. The van der Waals surface area contributed by atoms with E-state index in [1.54, 1.807) is 11.1 Å². The van der Waals surface area contributed by atoms with E-state index in [4.69, 9.17) is 17.0 Å². The van der Waals surface area contributed by atoms with Crippen LogP contribution in [0.3, 0.4) is 0 Å². The van der Waals surface area contributed by atoms with Gasteiger partial charge in [-0.2, -0.15) is 79.2 Å². The van der Waals surface area contributed by atoms with Gasteiger partial charge in [-0.25, -0.2) is 0 Å². The van der Waals surface area contributed by atoms with Crippen molar-refractivity contribution in [3.63, 3.8) is 0 Å². The molecule has 29 heavy (non-hydrogen) atoms. The van der Waals surface area contributed by atoms with Gasteiger partial charge >= 0.3 is 37.9 Å². The number of halogens is 2. The number of rotatable bonds is 6. The van der Waals surface area contributed by atoms with Gasteiger partial charge in [0.15, 0.2) is 0 Å². The molecule has 0 bridgehead atoms. The van der Waals surface area contributed by atoms with Crippen molar-refractivity contribution < 1.29 is 20.8 Å². The second-order valence-corrected chi connectivity index (χ2v) is 13.2. The summed E-state index contributed by atoms with van der Waals surface area (Å²) in [6.45, 7) is 18.0. The van der Waals surface area contributed by atoms with Gasteiger partial charge in [-0.05, 0) is 24.0 Å². The molecule has 0 nitrogen and oxygen atoms in total. The molecule has 0 heterocycles. The average Bonchev–Trinajstić information content (AvgIpc) is 3.00. The molecular formula is C24H38Cl2S2Zr. The van der Waals surface area contributed by atoms with Crippen LogP contribution in [0.15, 0.2) is 0 Å². The van der Waals surface area contributed by atoms with E-state index >= 15 is 0 Å². The van der Waals surface area contributed by atoms with E-state index in [0.29, 0.717) is 0 Å². The summed E-state index contributed by atoms with van der Waals surface area (Å²) < 4.78 is 0. The van der Waals surface area contributed by atoms with Crippen LogP contribution < -0.4 is 0 Å². The Hall–Kier alpha value is 0.863. The van der Waals surface area contributed by atoms with Crippen LogP contribution in [-0.4, -0.2) is 24.0 Å². The molecule has 0 aliphatic carbocycles. The molecule has 0 aromatic heterocycles. The summed E-state index contributed by atoms with van der Waals surface area (Å²) >= 11 is 3.03. The van der Waals surface area contributed by atoms with Crippen LogP contribution >= 0.6 is 40.5 Å². The van der Waals surface area contributed by atoms with Gasteiger partial charge in [0.25, 0.3) is 0 Å². The van der Waals surface area contributed by atoms with Gasteiger partial charge in [0.1, 0.15) is 0 Å². The average molecular weight is 553 g/mol. The monoisotopic (exact) mass is 550 g/mol. The van der Waals surface area contributed by atoms with Crippen LogP contribution in [0.5, 0.6) is 0 Å². The van der Waals surface area contributed by atoms with Crippen molar-refractivity contribution in [1.82, 2.24) is 0 Å². The molecule has 0 unspecified atom stereocenters. The molecule has 0 aliphatic heterocycles. The van der Waals surface area contributed by atoms with Crippen molar-refractivity contribution in [1.29, 1.82) is 0 Å². The molecule has 2 aromatic rings. The summed E-state index contributed by atoms with van der Waals surface area (Å²) in [6.07, 6.45) is 6.81. The molecule has 0 saturated heterocycles. The van der Waals surface area contributed by atoms with Crippen LogP contribution in [0.4, 0.5) is 0 Å². The Balaban J connectivity index is 0.000000477. The van der Waals surface area contributed by atoms with E-state index in [2.05, 4.69) is 67.9 Å². The Morgan fingerprint density at radius 1 is 0.586 bits per heavy atom. The summed E-state index contributed by atoms with van der Waals surface area (Å²) in [6, 6.07) is 0. The Morgan fingerprint density at radius 3 is 0.966 bits per heavy atom. The quantitative estimate of drug-likeness (QED) is 0.330. The van der Waals surface area contributed by atoms with Gasteiger partial charge in [0, 0.05) is 0 Å². The second kappa shape index (κ2) is 15.6. The van der Waals surface area contributed by atoms with E-state index < -0.39 is 20.8 Å². The molecular weight excluding hydrogens is 515 g/mol. The fourth-order valence-corrected chi connectivity index (χ4v) is 4.57. The molecule has 2 aromatic carbocycles. The molecule has 0 fully saturated rings. The first-order valence-electron chi connectivity index (χ1n) is 9.98. The predicted octanol–water partition coefficient (Wildman–Crippen LogP) is 8.47. The number of hydrogen-bond donors (Lipinski definition) is 0. The first-order chi connectivity index (χ1) is 13.6. The Morgan fingerprint density at radius 2 is 0.793 bits per heavy atom. The van der Waals surface area contributed by atoms with Crippen molar-refractivity contribution in [3.05, 3.63) is 55.6 Å². The van der Waals surface area contributed by atoms with Crippen molar-refractivity contribution in [2.24, 2.45) is 0 Å². The summed E-state index contributed by atoms with van der Waals surface area (Å²) in [4.78, 5) is 0. The molecule has 2 rings (SSSR count). The third-order valence-corrected chi connectivity index (χ3v) is 7.52. The van der Waals surface area contributed by atoms with Crippen molar-refractivity contribution in [2.75, 3.05) is 24.0 Å². The fraction of sp³-hybridized carbons (Fsp3) is 0.583. The summed E-state index contributed by atoms with van der Waals surface area (Å²) in [5.74, 6) is 2.48. The van der Waals surface area contributed by atoms with Gasteiger partial charge in [-0.1, -0.05) is 68.2 Å². The van der Waals surface area contributed by atoms with Gasteiger partial charge in [0.2, 0.25) is 0 Å². The zero-order valence-electron chi connectivity index (χ0n) is 19.9. The molecule has 0 saturated carbocycles. The van der Waals surface area contributed by atoms with E-state index in [0.717, 1.165) is 0 Å². The minimum atomic E-state index is -0.826. The van der Waals surface area contributed by atoms with E-state index in [1.165, 1.54) is 68.9 Å². The fourth-order valence-electron chi connectivity index (χ4n) is 3.75. The maximum absolute atomic E-state index is 4.93. The van der Waals surface area contributed by atoms with Crippen LogP contribution in [-0.2, 0) is 33.7 Å². The van der Waals surface area contributed by atoms with Crippen LogP contribution in [0.25, 0.3) is 0 Å². The van der Waals surface area contributed by atoms with Crippen molar-refractivity contribution in [3.8, 4) is 0 Å². The van der Waals surface area contributed by atoms with Gasteiger partial charge in [0.05, 0.1) is 0 Å². The molecule has 0 spiro atoms. The first-order valence-corrected chi connectivity index (χ1v) is 19.1. The zero-order chi connectivity index (χ0) is 22.7. The van der Waals surface area contributed by atoms with E-state index in [1.807, 2.05) is 23.5 Å². The molecule has 164 valence electrons. The normalized spacial score (nSPS) is 10.1. The molecule has 0 radical (unpaired) electrons. The van der Waals surface area contributed by atoms with E-state index in [9.17, 15) is 0 Å². The van der Waals surface area contributed by atoms with Crippen LogP contribution in [0, 0.1) is 55.4 Å². The number of hydrogen-bond acceptors (Lipinski definition) is 2. The Bertz CT molecular complexity index is 632. The molecule has 0 N–H and O–H groups in total.